The van der Waals surface area contributed by atoms with Crippen LogP contribution in [-0.4, -0.2) is 10.2 Å². The molecule has 0 saturated heterocycles. The maximum Gasteiger partial charge on any atom is 0.150 e. The largest absolute Gasteiger partial charge is 0.235 e. The molecule has 0 amide bonds. The summed E-state index contributed by atoms with van der Waals surface area (Å²) in [6.07, 6.45) is 7.06. The summed E-state index contributed by atoms with van der Waals surface area (Å²) in [5.74, 6) is 0. The number of aryl methyl sites for hydroxylation is 1. The van der Waals surface area contributed by atoms with E-state index >= 15 is 0 Å². The van der Waals surface area contributed by atoms with Gasteiger partial charge in [0, 0.05) is 16.3 Å². The SMILES string of the molecule is Cc1csc(SC2CCCCC2)n1. The highest BCUT2D eigenvalue weighted by Gasteiger charge is 2.15. The molecule has 0 aromatic carbocycles. The van der Waals surface area contributed by atoms with E-state index in [1.165, 1.54) is 42.1 Å². The molecule has 1 aromatic heterocycles. The van der Waals surface area contributed by atoms with E-state index in [-0.39, 0.29) is 0 Å². The second-order valence-electron chi connectivity index (χ2n) is 3.63. The van der Waals surface area contributed by atoms with Crippen LogP contribution in [0.1, 0.15) is 37.8 Å². The van der Waals surface area contributed by atoms with E-state index in [9.17, 15) is 0 Å². The first-order chi connectivity index (χ1) is 6.34. The molecule has 0 aliphatic heterocycles. The smallest absolute Gasteiger partial charge is 0.150 e. The van der Waals surface area contributed by atoms with Crippen molar-refractivity contribution in [2.24, 2.45) is 0 Å². The van der Waals surface area contributed by atoms with Gasteiger partial charge in [-0.05, 0) is 19.8 Å². The van der Waals surface area contributed by atoms with Crippen LogP contribution in [0, 0.1) is 6.92 Å². The summed E-state index contributed by atoms with van der Waals surface area (Å²) in [6, 6.07) is 0. The number of thiazole rings is 1. The predicted molar refractivity (Wildman–Crippen MR) is 59.6 cm³/mol. The van der Waals surface area contributed by atoms with Crippen LogP contribution >= 0.6 is 23.1 Å². The zero-order valence-electron chi connectivity index (χ0n) is 7.95. The Morgan fingerprint density at radius 1 is 1.38 bits per heavy atom. The molecule has 13 heavy (non-hydrogen) atoms. The average Bonchev–Trinajstić information content (AvgIpc) is 2.53. The molecule has 3 heteroatoms. The number of hydrogen-bond donors (Lipinski definition) is 0. The van der Waals surface area contributed by atoms with Gasteiger partial charge in [-0.15, -0.1) is 11.3 Å². The molecule has 0 spiro atoms. The van der Waals surface area contributed by atoms with Crippen LogP contribution in [0.3, 0.4) is 0 Å². The molecule has 1 fully saturated rings. The van der Waals surface area contributed by atoms with Crippen LogP contribution in [0.15, 0.2) is 9.72 Å². The highest BCUT2D eigenvalue weighted by atomic mass is 32.2. The van der Waals surface area contributed by atoms with Gasteiger partial charge in [0.05, 0.1) is 0 Å². The van der Waals surface area contributed by atoms with E-state index in [4.69, 9.17) is 0 Å². The van der Waals surface area contributed by atoms with Gasteiger partial charge in [0.1, 0.15) is 4.34 Å². The van der Waals surface area contributed by atoms with Crippen molar-refractivity contribution in [3.05, 3.63) is 11.1 Å². The Hall–Kier alpha value is -0.0200. The summed E-state index contributed by atoms with van der Waals surface area (Å²) in [5.41, 5.74) is 1.17. The molecule has 0 unspecified atom stereocenters. The van der Waals surface area contributed by atoms with E-state index in [0.29, 0.717) is 0 Å². The molecule has 0 bridgehead atoms. The normalized spacial score (nSPS) is 19.2. The van der Waals surface area contributed by atoms with Gasteiger partial charge in [0.25, 0.3) is 0 Å². The van der Waals surface area contributed by atoms with E-state index in [0.717, 1.165) is 5.25 Å². The van der Waals surface area contributed by atoms with Crippen LogP contribution in [-0.2, 0) is 0 Å². The fourth-order valence-electron chi connectivity index (χ4n) is 1.71. The van der Waals surface area contributed by atoms with Crippen molar-refractivity contribution >= 4 is 23.1 Å². The predicted octanol–water partition coefficient (Wildman–Crippen LogP) is 3.88. The molecule has 1 aliphatic carbocycles. The Morgan fingerprint density at radius 3 is 2.77 bits per heavy atom. The van der Waals surface area contributed by atoms with E-state index < -0.39 is 0 Å². The minimum absolute atomic E-state index is 0.847. The van der Waals surface area contributed by atoms with Crippen molar-refractivity contribution < 1.29 is 0 Å². The maximum absolute atomic E-state index is 4.49. The first-order valence-corrected chi connectivity index (χ1v) is 6.69. The Labute approximate surface area is 88.0 Å². The molecule has 1 aromatic rings. The number of nitrogens with zero attached hydrogens (tertiary/aromatic N) is 1. The van der Waals surface area contributed by atoms with Gasteiger partial charge in [-0.1, -0.05) is 31.0 Å². The first kappa shape index (κ1) is 9.53. The second kappa shape index (κ2) is 4.47. The second-order valence-corrected chi connectivity index (χ2v) is 6.04. The lowest BCUT2D eigenvalue weighted by molar-refractivity contribution is 0.516. The highest BCUT2D eigenvalue weighted by Crippen LogP contribution is 2.34. The van der Waals surface area contributed by atoms with Gasteiger partial charge in [-0.25, -0.2) is 4.98 Å². The third-order valence-corrected chi connectivity index (χ3v) is 4.84. The number of rotatable bonds is 2. The summed E-state index contributed by atoms with van der Waals surface area (Å²) in [4.78, 5) is 4.49. The van der Waals surface area contributed by atoms with Gasteiger partial charge >= 0.3 is 0 Å². The molecule has 1 saturated carbocycles. The molecular formula is C10H15NS2. The van der Waals surface area contributed by atoms with Crippen LogP contribution < -0.4 is 0 Å². The zero-order valence-corrected chi connectivity index (χ0v) is 9.59. The van der Waals surface area contributed by atoms with Crippen molar-refractivity contribution in [2.75, 3.05) is 0 Å². The quantitative estimate of drug-likeness (QED) is 0.739. The lowest BCUT2D eigenvalue weighted by Gasteiger charge is -2.19. The molecule has 0 N–H and O–H groups in total. The van der Waals surface area contributed by atoms with Crippen molar-refractivity contribution in [3.63, 3.8) is 0 Å². The lowest BCUT2D eigenvalue weighted by Crippen LogP contribution is -2.07. The topological polar surface area (TPSA) is 12.9 Å². The van der Waals surface area contributed by atoms with Crippen molar-refractivity contribution in [1.29, 1.82) is 0 Å². The van der Waals surface area contributed by atoms with Crippen molar-refractivity contribution in [3.8, 4) is 0 Å². The average molecular weight is 213 g/mol. The van der Waals surface area contributed by atoms with Gasteiger partial charge in [-0.3, -0.25) is 0 Å². The molecule has 72 valence electrons. The Bertz CT molecular complexity index is 264. The van der Waals surface area contributed by atoms with E-state index in [1.54, 1.807) is 11.3 Å². The van der Waals surface area contributed by atoms with Crippen LogP contribution in [0.25, 0.3) is 0 Å². The minimum atomic E-state index is 0.847. The first-order valence-electron chi connectivity index (χ1n) is 4.93. The van der Waals surface area contributed by atoms with E-state index in [1.807, 2.05) is 11.8 Å². The van der Waals surface area contributed by atoms with Crippen molar-refractivity contribution in [1.82, 2.24) is 4.98 Å². The third-order valence-electron chi connectivity index (χ3n) is 2.42. The van der Waals surface area contributed by atoms with Gasteiger partial charge in [0.2, 0.25) is 0 Å². The third kappa shape index (κ3) is 2.71. The number of thioether (sulfide) groups is 1. The van der Waals surface area contributed by atoms with Gasteiger partial charge in [-0.2, -0.15) is 0 Å². The lowest BCUT2D eigenvalue weighted by atomic mass is 10.0. The highest BCUT2D eigenvalue weighted by molar-refractivity contribution is 8.01. The summed E-state index contributed by atoms with van der Waals surface area (Å²) < 4.78 is 1.27. The van der Waals surface area contributed by atoms with Gasteiger partial charge in [0.15, 0.2) is 0 Å². The summed E-state index contributed by atoms with van der Waals surface area (Å²) in [6.45, 7) is 2.07. The molecule has 1 heterocycles. The zero-order chi connectivity index (χ0) is 9.10. The Morgan fingerprint density at radius 2 is 2.15 bits per heavy atom. The van der Waals surface area contributed by atoms with Crippen molar-refractivity contribution in [2.45, 2.75) is 48.6 Å². The Balaban J connectivity index is 1.89. The molecule has 1 nitrogen and oxygen atoms in total. The summed E-state index contributed by atoms with van der Waals surface area (Å²) in [7, 11) is 0. The van der Waals surface area contributed by atoms with Crippen LogP contribution in [0.5, 0.6) is 0 Å². The standard InChI is InChI=1S/C10H15NS2/c1-8-7-12-10(11-8)13-9-5-3-2-4-6-9/h7,9H,2-6H2,1H3. The molecule has 1 aliphatic rings. The van der Waals surface area contributed by atoms with Crippen LogP contribution in [0.2, 0.25) is 0 Å². The monoisotopic (exact) mass is 213 g/mol. The number of aromatic nitrogens is 1. The number of hydrogen-bond acceptors (Lipinski definition) is 3. The fourth-order valence-corrected chi connectivity index (χ4v) is 4.06. The summed E-state index contributed by atoms with van der Waals surface area (Å²) >= 11 is 3.79. The summed E-state index contributed by atoms with van der Waals surface area (Å²) in [5, 5.41) is 2.99. The van der Waals surface area contributed by atoms with Crippen LogP contribution in [0.4, 0.5) is 0 Å². The molecular weight excluding hydrogens is 198 g/mol. The molecule has 0 atom stereocenters. The molecule has 0 radical (unpaired) electrons. The fraction of sp³-hybridized carbons (Fsp3) is 0.700. The minimum Gasteiger partial charge on any atom is -0.235 e. The van der Waals surface area contributed by atoms with E-state index in [2.05, 4.69) is 17.3 Å². The molecule has 2 rings (SSSR count). The Kier molecular flexibility index (Phi) is 3.28. The van der Waals surface area contributed by atoms with Gasteiger partial charge < -0.3 is 0 Å². The maximum atomic E-state index is 4.49.